The van der Waals surface area contributed by atoms with E-state index in [4.69, 9.17) is 5.73 Å². The van der Waals surface area contributed by atoms with Crippen molar-refractivity contribution in [3.05, 3.63) is 23.7 Å². The summed E-state index contributed by atoms with van der Waals surface area (Å²) in [6.45, 7) is 2.02. The average molecular weight is 202 g/mol. The third-order valence-electron chi connectivity index (χ3n) is 2.94. The Morgan fingerprint density at radius 2 is 2.33 bits per heavy atom. The highest BCUT2D eigenvalue weighted by Gasteiger charge is 2.31. The number of pyridine rings is 1. The van der Waals surface area contributed by atoms with Crippen LogP contribution in [0.2, 0.25) is 0 Å². The maximum absolute atomic E-state index is 6.08. The molecular formula is C11H14N4. The summed E-state index contributed by atoms with van der Waals surface area (Å²) >= 11 is 0. The zero-order valence-corrected chi connectivity index (χ0v) is 8.70. The van der Waals surface area contributed by atoms with Crippen molar-refractivity contribution in [2.75, 3.05) is 0 Å². The molecule has 1 aliphatic rings. The fraction of sp³-hybridized carbons (Fsp3) is 0.455. The molecule has 3 N–H and O–H groups in total. The number of nitrogens with two attached hydrogens (primary N) is 1. The Bertz CT molecular complexity index is 498. The number of aromatic nitrogens is 3. The molecule has 1 aliphatic carbocycles. The molecule has 15 heavy (non-hydrogen) atoms. The molecule has 0 bridgehead atoms. The zero-order chi connectivity index (χ0) is 10.4. The van der Waals surface area contributed by atoms with E-state index in [2.05, 4.69) is 21.0 Å². The number of aryl methyl sites for hydroxylation is 1. The second-order valence-electron chi connectivity index (χ2n) is 4.37. The second kappa shape index (κ2) is 3.03. The van der Waals surface area contributed by atoms with Crippen molar-refractivity contribution in [1.29, 1.82) is 0 Å². The molecule has 78 valence electrons. The van der Waals surface area contributed by atoms with Gasteiger partial charge < -0.3 is 10.7 Å². The molecule has 0 amide bonds. The van der Waals surface area contributed by atoms with Crippen LogP contribution in [0.1, 0.15) is 30.3 Å². The predicted molar refractivity (Wildman–Crippen MR) is 58.3 cm³/mol. The number of hydrogen-bond donors (Lipinski definition) is 2. The maximum Gasteiger partial charge on any atom is 0.177 e. The molecule has 2 aromatic heterocycles. The SMILES string of the molecule is Cc1cnc2nc(C(N)C3CC3)[nH]c2c1. The van der Waals surface area contributed by atoms with Crippen molar-refractivity contribution < 1.29 is 0 Å². The first-order valence-electron chi connectivity index (χ1n) is 5.32. The van der Waals surface area contributed by atoms with Gasteiger partial charge in [0.25, 0.3) is 0 Å². The zero-order valence-electron chi connectivity index (χ0n) is 8.70. The van der Waals surface area contributed by atoms with Gasteiger partial charge >= 0.3 is 0 Å². The number of hydrogen-bond acceptors (Lipinski definition) is 3. The minimum atomic E-state index is 0.0551. The molecule has 4 nitrogen and oxygen atoms in total. The Morgan fingerprint density at radius 1 is 1.53 bits per heavy atom. The summed E-state index contributed by atoms with van der Waals surface area (Å²) in [7, 11) is 0. The molecule has 0 aliphatic heterocycles. The number of fused-ring (bicyclic) bond motifs is 1. The van der Waals surface area contributed by atoms with Gasteiger partial charge in [-0.3, -0.25) is 0 Å². The Labute approximate surface area is 87.9 Å². The van der Waals surface area contributed by atoms with Crippen LogP contribution in [-0.4, -0.2) is 15.0 Å². The molecular weight excluding hydrogens is 188 g/mol. The van der Waals surface area contributed by atoms with Crippen molar-refractivity contribution in [2.24, 2.45) is 11.7 Å². The number of H-pyrrole nitrogens is 1. The van der Waals surface area contributed by atoms with Crippen LogP contribution in [0.4, 0.5) is 0 Å². The van der Waals surface area contributed by atoms with Gasteiger partial charge in [0.2, 0.25) is 0 Å². The quantitative estimate of drug-likeness (QED) is 0.778. The van der Waals surface area contributed by atoms with Crippen LogP contribution >= 0.6 is 0 Å². The lowest BCUT2D eigenvalue weighted by atomic mass is 10.2. The van der Waals surface area contributed by atoms with Gasteiger partial charge in [0.15, 0.2) is 5.65 Å². The van der Waals surface area contributed by atoms with E-state index in [0.717, 1.165) is 22.6 Å². The third-order valence-corrected chi connectivity index (χ3v) is 2.94. The summed E-state index contributed by atoms with van der Waals surface area (Å²) in [5.41, 5.74) is 8.97. The van der Waals surface area contributed by atoms with E-state index in [0.29, 0.717) is 5.92 Å². The Balaban J connectivity index is 2.05. The Kier molecular flexibility index (Phi) is 1.79. The highest BCUT2D eigenvalue weighted by atomic mass is 15.0. The molecule has 1 saturated carbocycles. The molecule has 1 fully saturated rings. The molecule has 3 rings (SSSR count). The van der Waals surface area contributed by atoms with Crippen molar-refractivity contribution >= 4 is 11.2 Å². The molecule has 0 aromatic carbocycles. The fourth-order valence-electron chi connectivity index (χ4n) is 1.86. The van der Waals surface area contributed by atoms with E-state index in [1.54, 1.807) is 0 Å². The Hall–Kier alpha value is -1.42. The number of nitrogens with zero attached hydrogens (tertiary/aromatic N) is 2. The third kappa shape index (κ3) is 1.51. The van der Waals surface area contributed by atoms with Crippen molar-refractivity contribution in [3.8, 4) is 0 Å². The standard InChI is InChI=1S/C11H14N4/c1-6-4-8-10(13-5-6)15-11(14-8)9(12)7-2-3-7/h4-5,7,9H,2-3,12H2,1H3,(H,13,14,15). The van der Waals surface area contributed by atoms with E-state index in [-0.39, 0.29) is 6.04 Å². The minimum absolute atomic E-state index is 0.0551. The van der Waals surface area contributed by atoms with Gasteiger partial charge in [0, 0.05) is 6.20 Å². The van der Waals surface area contributed by atoms with Crippen LogP contribution < -0.4 is 5.73 Å². The predicted octanol–water partition coefficient (Wildman–Crippen LogP) is 1.68. The van der Waals surface area contributed by atoms with E-state index in [1.807, 2.05) is 13.1 Å². The molecule has 0 spiro atoms. The molecule has 2 aromatic rings. The van der Waals surface area contributed by atoms with Crippen LogP contribution in [-0.2, 0) is 0 Å². The highest BCUT2D eigenvalue weighted by molar-refractivity contribution is 5.71. The van der Waals surface area contributed by atoms with E-state index < -0.39 is 0 Å². The summed E-state index contributed by atoms with van der Waals surface area (Å²) in [6.07, 6.45) is 4.28. The van der Waals surface area contributed by atoms with Crippen molar-refractivity contribution in [2.45, 2.75) is 25.8 Å². The van der Waals surface area contributed by atoms with Gasteiger partial charge in [-0.1, -0.05) is 0 Å². The second-order valence-corrected chi connectivity index (χ2v) is 4.37. The van der Waals surface area contributed by atoms with Crippen molar-refractivity contribution in [1.82, 2.24) is 15.0 Å². The van der Waals surface area contributed by atoms with Gasteiger partial charge in [-0.15, -0.1) is 0 Å². The number of nitrogens with one attached hydrogen (secondary N) is 1. The molecule has 2 heterocycles. The minimum Gasteiger partial charge on any atom is -0.339 e. The first-order valence-corrected chi connectivity index (χ1v) is 5.32. The van der Waals surface area contributed by atoms with Crippen LogP contribution in [0.25, 0.3) is 11.2 Å². The lowest BCUT2D eigenvalue weighted by Crippen LogP contribution is -2.13. The molecule has 1 atom stereocenters. The average Bonchev–Trinajstić information content (AvgIpc) is 2.97. The van der Waals surface area contributed by atoms with Crippen LogP contribution in [0.5, 0.6) is 0 Å². The van der Waals surface area contributed by atoms with Gasteiger partial charge in [-0.2, -0.15) is 0 Å². The van der Waals surface area contributed by atoms with Crippen LogP contribution in [0.3, 0.4) is 0 Å². The molecule has 0 radical (unpaired) electrons. The Morgan fingerprint density at radius 3 is 3.07 bits per heavy atom. The fourth-order valence-corrected chi connectivity index (χ4v) is 1.86. The summed E-state index contributed by atoms with van der Waals surface area (Å²) in [5, 5.41) is 0. The van der Waals surface area contributed by atoms with Gasteiger partial charge in [-0.05, 0) is 37.3 Å². The molecule has 1 unspecified atom stereocenters. The van der Waals surface area contributed by atoms with Crippen LogP contribution in [0.15, 0.2) is 12.3 Å². The lowest BCUT2D eigenvalue weighted by molar-refractivity contribution is 0.602. The van der Waals surface area contributed by atoms with Gasteiger partial charge in [0.1, 0.15) is 5.82 Å². The summed E-state index contributed by atoms with van der Waals surface area (Å²) in [5.74, 6) is 1.50. The first-order chi connectivity index (χ1) is 7.24. The largest absolute Gasteiger partial charge is 0.339 e. The number of rotatable bonds is 2. The number of imidazole rings is 1. The highest BCUT2D eigenvalue weighted by Crippen LogP contribution is 2.38. The van der Waals surface area contributed by atoms with Gasteiger partial charge in [0.05, 0.1) is 11.6 Å². The van der Waals surface area contributed by atoms with Crippen molar-refractivity contribution in [3.63, 3.8) is 0 Å². The molecule has 0 saturated heterocycles. The van der Waals surface area contributed by atoms with Crippen LogP contribution in [0, 0.1) is 12.8 Å². The normalized spacial score (nSPS) is 18.3. The summed E-state index contributed by atoms with van der Waals surface area (Å²) in [6, 6.07) is 2.11. The first kappa shape index (κ1) is 8.85. The summed E-state index contributed by atoms with van der Waals surface area (Å²) in [4.78, 5) is 11.9. The van der Waals surface area contributed by atoms with E-state index in [1.165, 1.54) is 12.8 Å². The monoisotopic (exact) mass is 202 g/mol. The van der Waals surface area contributed by atoms with E-state index in [9.17, 15) is 0 Å². The maximum atomic E-state index is 6.08. The number of aromatic amines is 1. The lowest BCUT2D eigenvalue weighted by Gasteiger charge is -2.04. The van der Waals surface area contributed by atoms with Gasteiger partial charge in [-0.25, -0.2) is 9.97 Å². The molecule has 4 heteroatoms. The van der Waals surface area contributed by atoms with E-state index >= 15 is 0 Å². The summed E-state index contributed by atoms with van der Waals surface area (Å²) < 4.78 is 0. The topological polar surface area (TPSA) is 67.6 Å². The smallest absolute Gasteiger partial charge is 0.177 e.